The number of hydrogen-bond donors (Lipinski definition) is 1. The Morgan fingerprint density at radius 1 is 1.05 bits per heavy atom. The third kappa shape index (κ3) is 6.82. The van der Waals surface area contributed by atoms with Crippen LogP contribution in [0.4, 0.5) is 32.0 Å². The van der Waals surface area contributed by atoms with Gasteiger partial charge in [-0.15, -0.1) is 13.2 Å². The van der Waals surface area contributed by atoms with Crippen LogP contribution in [0, 0.1) is 11.3 Å². The molecule has 1 saturated heterocycles. The predicted octanol–water partition coefficient (Wildman–Crippen LogP) is 5.85. The van der Waals surface area contributed by atoms with E-state index in [4.69, 9.17) is 11.6 Å². The van der Waals surface area contributed by atoms with Crippen molar-refractivity contribution in [3.63, 3.8) is 0 Å². The van der Waals surface area contributed by atoms with Crippen LogP contribution in [0.2, 0.25) is 5.02 Å². The maximum Gasteiger partial charge on any atom is 0.573 e. The number of likely N-dealkylation sites (N-methyl/N-ethyl adjacent to an activating group) is 1. The van der Waals surface area contributed by atoms with Crippen molar-refractivity contribution in [1.29, 1.82) is 0 Å². The third-order valence-electron chi connectivity index (χ3n) is 8.44. The highest BCUT2D eigenvalue weighted by atomic mass is 35.5. The van der Waals surface area contributed by atoms with Crippen molar-refractivity contribution < 1.29 is 45.8 Å². The van der Waals surface area contributed by atoms with E-state index in [0.717, 1.165) is 55.1 Å². The van der Waals surface area contributed by atoms with Crippen LogP contribution in [-0.2, 0) is 10.4 Å². The van der Waals surface area contributed by atoms with E-state index in [1.807, 2.05) is 6.07 Å². The van der Waals surface area contributed by atoms with E-state index >= 15 is 0 Å². The second-order valence-corrected chi connectivity index (χ2v) is 11.8. The van der Waals surface area contributed by atoms with E-state index in [9.17, 15) is 41.0 Å². The van der Waals surface area contributed by atoms with Gasteiger partial charge in [0.25, 0.3) is 17.4 Å². The molecule has 1 aliphatic carbocycles. The normalized spacial score (nSPS) is 19.5. The predicted molar refractivity (Wildman–Crippen MR) is 147 cm³/mol. The highest BCUT2D eigenvalue weighted by Gasteiger charge is 2.62. The summed E-state index contributed by atoms with van der Waals surface area (Å²) in [5, 5.41) is 11.0. The van der Waals surface area contributed by atoms with Gasteiger partial charge in [-0.1, -0.05) is 23.7 Å². The number of rotatable bonds is 8. The Kier molecular flexibility index (Phi) is 8.92. The van der Waals surface area contributed by atoms with E-state index in [1.165, 1.54) is 4.90 Å². The molecule has 4 rings (SSSR count). The van der Waals surface area contributed by atoms with Gasteiger partial charge in [-0.3, -0.25) is 9.59 Å². The van der Waals surface area contributed by atoms with Crippen molar-refractivity contribution in [2.24, 2.45) is 11.3 Å². The van der Waals surface area contributed by atoms with E-state index in [-0.39, 0.29) is 23.8 Å². The molecule has 2 amide bonds. The van der Waals surface area contributed by atoms with E-state index in [2.05, 4.69) is 9.64 Å². The molecule has 1 spiro atoms. The van der Waals surface area contributed by atoms with Crippen molar-refractivity contribution in [2.45, 2.75) is 43.8 Å². The van der Waals surface area contributed by atoms with E-state index in [1.54, 1.807) is 26.2 Å². The minimum atomic E-state index is -5.51. The second-order valence-electron chi connectivity index (χ2n) is 11.4. The topological polar surface area (TPSA) is 73.3 Å². The Balaban J connectivity index is 1.36. The van der Waals surface area contributed by atoms with Crippen LogP contribution in [0.3, 0.4) is 0 Å². The van der Waals surface area contributed by atoms with Crippen LogP contribution in [0.1, 0.15) is 41.6 Å². The fourth-order valence-electron chi connectivity index (χ4n) is 5.83. The lowest BCUT2D eigenvalue weighted by atomic mass is 9.89. The molecule has 43 heavy (non-hydrogen) atoms. The molecule has 7 nitrogen and oxygen atoms in total. The molecular formula is C29H32ClF6N3O4. The summed E-state index contributed by atoms with van der Waals surface area (Å²) in [5.74, 6) is -2.72. The fourth-order valence-corrected chi connectivity index (χ4v) is 6.09. The quantitative estimate of drug-likeness (QED) is 0.369. The Labute approximate surface area is 249 Å². The number of ether oxygens (including phenoxy) is 1. The molecule has 2 aromatic rings. The average molecular weight is 636 g/mol. The molecule has 1 heterocycles. The molecule has 0 aromatic heterocycles. The SMILES string of the molecule is CN(C)C(=O)c1ccc(N2CCC3(CC2)CC3CCN(C)C(=O)[C@](O)(c2cccc(OC(F)(F)F)c2)C(F)(F)F)cc1Cl. The summed E-state index contributed by atoms with van der Waals surface area (Å²) in [6.45, 7) is 1.35. The van der Waals surface area contributed by atoms with Crippen LogP contribution < -0.4 is 9.64 Å². The molecule has 0 radical (unpaired) electrons. The molecule has 2 aliphatic rings. The number of alkyl halides is 6. The number of hydrogen-bond acceptors (Lipinski definition) is 5. The summed E-state index contributed by atoms with van der Waals surface area (Å²) < 4.78 is 83.7. The van der Waals surface area contributed by atoms with Gasteiger partial charge < -0.3 is 24.5 Å². The zero-order chi connectivity index (χ0) is 32.0. The lowest BCUT2D eigenvalue weighted by Gasteiger charge is -2.35. The highest BCUT2D eigenvalue weighted by molar-refractivity contribution is 6.34. The molecule has 1 unspecified atom stereocenters. The molecule has 14 heteroatoms. The number of aliphatic hydroxyl groups is 1. The summed E-state index contributed by atoms with van der Waals surface area (Å²) >= 11 is 6.36. The molecular weight excluding hydrogens is 604 g/mol. The van der Waals surface area contributed by atoms with Gasteiger partial charge in [0.1, 0.15) is 5.75 Å². The summed E-state index contributed by atoms with van der Waals surface area (Å²) in [4.78, 5) is 29.6. The van der Waals surface area contributed by atoms with Crippen LogP contribution in [0.25, 0.3) is 0 Å². The van der Waals surface area contributed by atoms with Crippen LogP contribution in [-0.4, -0.2) is 80.0 Å². The number of anilines is 1. The molecule has 2 fully saturated rings. The lowest BCUT2D eigenvalue weighted by Crippen LogP contribution is -2.55. The van der Waals surface area contributed by atoms with Gasteiger partial charge in [0.15, 0.2) is 0 Å². The first-order valence-electron chi connectivity index (χ1n) is 13.5. The summed E-state index contributed by atoms with van der Waals surface area (Å²) in [6.07, 6.45) is -7.78. The summed E-state index contributed by atoms with van der Waals surface area (Å²) in [6, 6.07) is 8.00. The number of nitrogens with zero attached hydrogens (tertiary/aromatic N) is 3. The third-order valence-corrected chi connectivity index (χ3v) is 8.75. The van der Waals surface area contributed by atoms with Crippen molar-refractivity contribution in [2.75, 3.05) is 45.7 Å². The Morgan fingerprint density at radius 2 is 1.70 bits per heavy atom. The number of carbonyl (C=O) groups excluding carboxylic acids is 2. The highest BCUT2D eigenvalue weighted by Crippen LogP contribution is 2.61. The fraction of sp³-hybridized carbons (Fsp3) is 0.517. The van der Waals surface area contributed by atoms with Gasteiger partial charge in [-0.05, 0) is 67.3 Å². The van der Waals surface area contributed by atoms with Gasteiger partial charge in [-0.25, -0.2) is 0 Å². The molecule has 2 aromatic carbocycles. The maximum absolute atomic E-state index is 14.1. The van der Waals surface area contributed by atoms with E-state index in [0.29, 0.717) is 36.2 Å². The van der Waals surface area contributed by atoms with Gasteiger partial charge in [0.2, 0.25) is 0 Å². The number of halogens is 7. The second kappa shape index (κ2) is 11.7. The Morgan fingerprint density at radius 3 is 2.26 bits per heavy atom. The monoisotopic (exact) mass is 635 g/mol. The van der Waals surface area contributed by atoms with Crippen molar-refractivity contribution in [3.8, 4) is 5.75 Å². The van der Waals surface area contributed by atoms with Gasteiger partial charge in [-0.2, -0.15) is 13.2 Å². The van der Waals surface area contributed by atoms with Crippen molar-refractivity contribution in [3.05, 3.63) is 58.6 Å². The molecule has 1 N–H and O–H groups in total. The van der Waals surface area contributed by atoms with Crippen LogP contribution >= 0.6 is 11.6 Å². The van der Waals surface area contributed by atoms with Gasteiger partial charge in [0.05, 0.1) is 10.6 Å². The van der Waals surface area contributed by atoms with Crippen molar-refractivity contribution >= 4 is 29.1 Å². The molecule has 236 valence electrons. The zero-order valence-corrected chi connectivity index (χ0v) is 24.5. The number of amides is 2. The number of carbonyl (C=O) groups is 2. The van der Waals surface area contributed by atoms with Gasteiger partial charge >= 0.3 is 12.5 Å². The van der Waals surface area contributed by atoms with Crippen LogP contribution in [0.5, 0.6) is 5.75 Å². The maximum atomic E-state index is 14.1. The smallest absolute Gasteiger partial charge is 0.406 e. The minimum Gasteiger partial charge on any atom is -0.406 e. The largest absolute Gasteiger partial charge is 0.573 e. The Bertz CT molecular complexity index is 1360. The standard InChI is InChI=1S/C29H32ClF6N3O4/c1-37(2)24(40)22-8-7-20(16-23(22)30)39-13-10-26(11-14-39)17-19(26)9-12-38(3)25(41)27(42,28(31,32)33)18-5-4-6-21(15-18)43-29(34,35)36/h4-8,15-16,19,42H,9-14,17H2,1-3H3/t19?,27-/m1/s1. The molecule has 1 saturated carbocycles. The number of piperidine rings is 1. The average Bonchev–Trinajstić information content (AvgIpc) is 3.60. The first-order valence-corrected chi connectivity index (χ1v) is 13.9. The van der Waals surface area contributed by atoms with E-state index < -0.39 is 35.4 Å². The van der Waals surface area contributed by atoms with Crippen LogP contribution in [0.15, 0.2) is 42.5 Å². The first-order chi connectivity index (χ1) is 19.9. The Hall–Kier alpha value is -3.19. The van der Waals surface area contributed by atoms with Gasteiger partial charge in [0, 0.05) is 52.0 Å². The van der Waals surface area contributed by atoms with Crippen molar-refractivity contribution in [1.82, 2.24) is 9.80 Å². The minimum absolute atomic E-state index is 0.00535. The summed E-state index contributed by atoms with van der Waals surface area (Å²) in [7, 11) is 4.41. The molecule has 1 aliphatic heterocycles. The molecule has 0 bridgehead atoms. The zero-order valence-electron chi connectivity index (χ0n) is 23.7. The number of benzene rings is 2. The first kappa shape index (κ1) is 32.7. The lowest BCUT2D eigenvalue weighted by molar-refractivity contribution is -0.274. The summed E-state index contributed by atoms with van der Waals surface area (Å²) in [5.41, 5.74) is -3.85. The molecule has 2 atom stereocenters.